The highest BCUT2D eigenvalue weighted by molar-refractivity contribution is 6.07. The van der Waals surface area contributed by atoms with Crippen LogP contribution in [0.2, 0.25) is 0 Å². The van der Waals surface area contributed by atoms with E-state index in [1.54, 1.807) is 6.07 Å². The van der Waals surface area contributed by atoms with E-state index in [9.17, 15) is 9.59 Å². The summed E-state index contributed by atoms with van der Waals surface area (Å²) in [5, 5.41) is 0. The molecule has 0 atom stereocenters. The highest BCUT2D eigenvalue weighted by Crippen LogP contribution is 2.21. The quantitative estimate of drug-likeness (QED) is 0.441. The third kappa shape index (κ3) is 2.28. The first-order valence-electron chi connectivity index (χ1n) is 4.57. The number of rotatable bonds is 4. The lowest BCUT2D eigenvalue weighted by Crippen LogP contribution is -2.05. The zero-order chi connectivity index (χ0) is 12.1. The van der Waals surface area contributed by atoms with E-state index in [4.69, 9.17) is 4.74 Å². The molecule has 0 saturated heterocycles. The van der Waals surface area contributed by atoms with Crippen LogP contribution in [0.5, 0.6) is 5.75 Å². The first-order valence-corrected chi connectivity index (χ1v) is 4.57. The number of ketones is 1. The Morgan fingerprint density at radius 3 is 2.50 bits per heavy atom. The van der Waals surface area contributed by atoms with Gasteiger partial charge in [0.25, 0.3) is 0 Å². The minimum Gasteiger partial charge on any atom is -0.496 e. The van der Waals surface area contributed by atoms with Crippen LogP contribution in [0.3, 0.4) is 0 Å². The zero-order valence-electron chi connectivity index (χ0n) is 9.15. The smallest absolute Gasteiger partial charge is 0.337 e. The van der Waals surface area contributed by atoms with Crippen molar-refractivity contribution in [3.05, 3.63) is 42.0 Å². The molecule has 1 rings (SSSR count). The number of benzene rings is 1. The topological polar surface area (TPSA) is 52.6 Å². The van der Waals surface area contributed by atoms with Crippen LogP contribution < -0.4 is 4.74 Å². The number of esters is 1. The zero-order valence-corrected chi connectivity index (χ0v) is 9.15. The van der Waals surface area contributed by atoms with Crippen molar-refractivity contribution >= 4 is 11.8 Å². The molecule has 0 unspecified atom stereocenters. The van der Waals surface area contributed by atoms with Crippen molar-refractivity contribution in [3.8, 4) is 5.75 Å². The van der Waals surface area contributed by atoms with Crippen LogP contribution in [0.15, 0.2) is 30.9 Å². The van der Waals surface area contributed by atoms with Gasteiger partial charge in [0.1, 0.15) is 5.75 Å². The third-order valence-corrected chi connectivity index (χ3v) is 2.07. The summed E-state index contributed by atoms with van der Waals surface area (Å²) in [7, 11) is 2.73. The van der Waals surface area contributed by atoms with Gasteiger partial charge in [0.2, 0.25) is 0 Å². The molecule has 0 aliphatic heterocycles. The van der Waals surface area contributed by atoms with Gasteiger partial charge in [0.05, 0.1) is 25.3 Å². The standard InChI is InChI=1S/C12H12O4/c1-4-10(13)9-7-8(12(14)16-3)5-6-11(9)15-2/h4-7H,1H2,2-3H3. The van der Waals surface area contributed by atoms with Crippen LogP contribution in [0.25, 0.3) is 0 Å². The molecule has 0 bridgehead atoms. The van der Waals surface area contributed by atoms with Gasteiger partial charge in [0, 0.05) is 0 Å². The Morgan fingerprint density at radius 1 is 1.31 bits per heavy atom. The summed E-state index contributed by atoms with van der Waals surface area (Å²) in [6.45, 7) is 3.39. The summed E-state index contributed by atoms with van der Waals surface area (Å²) in [5.74, 6) is -0.402. The lowest BCUT2D eigenvalue weighted by molar-refractivity contribution is 0.0600. The highest BCUT2D eigenvalue weighted by atomic mass is 16.5. The molecule has 0 heterocycles. The average molecular weight is 220 g/mol. The van der Waals surface area contributed by atoms with Gasteiger partial charge >= 0.3 is 5.97 Å². The van der Waals surface area contributed by atoms with Crippen molar-refractivity contribution in [1.29, 1.82) is 0 Å². The largest absolute Gasteiger partial charge is 0.496 e. The van der Waals surface area contributed by atoms with Gasteiger partial charge in [-0.25, -0.2) is 4.79 Å². The van der Waals surface area contributed by atoms with Crippen LogP contribution in [0.4, 0.5) is 0 Å². The fourth-order valence-corrected chi connectivity index (χ4v) is 1.26. The summed E-state index contributed by atoms with van der Waals surface area (Å²) >= 11 is 0. The summed E-state index contributed by atoms with van der Waals surface area (Å²) < 4.78 is 9.58. The second kappa shape index (κ2) is 5.11. The van der Waals surface area contributed by atoms with Crippen molar-refractivity contribution in [2.75, 3.05) is 14.2 Å². The Hall–Kier alpha value is -2.10. The van der Waals surface area contributed by atoms with Crippen molar-refractivity contribution in [2.24, 2.45) is 0 Å². The van der Waals surface area contributed by atoms with E-state index in [1.165, 1.54) is 32.4 Å². The summed E-state index contributed by atoms with van der Waals surface area (Å²) in [5.41, 5.74) is 0.592. The minimum absolute atomic E-state index is 0.292. The van der Waals surface area contributed by atoms with E-state index >= 15 is 0 Å². The molecule has 1 aromatic rings. The predicted octanol–water partition coefficient (Wildman–Crippen LogP) is 1.85. The number of hydrogen-bond donors (Lipinski definition) is 0. The van der Waals surface area contributed by atoms with Crippen LogP contribution in [0.1, 0.15) is 20.7 Å². The average Bonchev–Trinajstić information content (AvgIpc) is 2.35. The molecule has 0 aromatic heterocycles. The Bertz CT molecular complexity index is 435. The van der Waals surface area contributed by atoms with Crippen molar-refractivity contribution in [1.82, 2.24) is 0 Å². The molecule has 0 aliphatic carbocycles. The minimum atomic E-state index is -0.499. The van der Waals surface area contributed by atoms with Crippen molar-refractivity contribution in [2.45, 2.75) is 0 Å². The lowest BCUT2D eigenvalue weighted by Gasteiger charge is -2.07. The molecule has 0 radical (unpaired) electrons. The van der Waals surface area contributed by atoms with E-state index in [1.807, 2.05) is 0 Å². The molecule has 0 fully saturated rings. The van der Waals surface area contributed by atoms with Gasteiger partial charge in [-0.1, -0.05) is 6.58 Å². The van der Waals surface area contributed by atoms with E-state index in [0.29, 0.717) is 16.9 Å². The third-order valence-electron chi connectivity index (χ3n) is 2.07. The Labute approximate surface area is 93.5 Å². The van der Waals surface area contributed by atoms with Gasteiger partial charge in [-0.3, -0.25) is 4.79 Å². The monoisotopic (exact) mass is 220 g/mol. The van der Waals surface area contributed by atoms with E-state index < -0.39 is 5.97 Å². The maximum atomic E-state index is 11.5. The number of ether oxygens (including phenoxy) is 2. The first-order chi connectivity index (χ1) is 7.63. The molecule has 0 spiro atoms. The molecule has 16 heavy (non-hydrogen) atoms. The van der Waals surface area contributed by atoms with Gasteiger partial charge in [-0.2, -0.15) is 0 Å². The van der Waals surface area contributed by atoms with Crippen LogP contribution in [-0.2, 0) is 4.74 Å². The SMILES string of the molecule is C=CC(=O)c1cc(C(=O)OC)ccc1OC. The van der Waals surface area contributed by atoms with E-state index in [0.717, 1.165) is 0 Å². The molecule has 1 aromatic carbocycles. The molecule has 0 aliphatic rings. The lowest BCUT2D eigenvalue weighted by atomic mass is 10.1. The summed E-state index contributed by atoms with van der Waals surface area (Å²) in [6, 6.07) is 4.50. The number of carbonyl (C=O) groups excluding carboxylic acids is 2. The maximum Gasteiger partial charge on any atom is 0.337 e. The molecule has 0 saturated carbocycles. The molecule has 4 heteroatoms. The Kier molecular flexibility index (Phi) is 3.83. The fourth-order valence-electron chi connectivity index (χ4n) is 1.26. The molecule has 4 nitrogen and oxygen atoms in total. The van der Waals surface area contributed by atoms with Crippen molar-refractivity contribution < 1.29 is 19.1 Å². The van der Waals surface area contributed by atoms with Gasteiger partial charge in [-0.05, 0) is 24.3 Å². The summed E-state index contributed by atoms with van der Waals surface area (Å²) in [4.78, 5) is 22.8. The van der Waals surface area contributed by atoms with Crippen molar-refractivity contribution in [3.63, 3.8) is 0 Å². The molecular formula is C12H12O4. The molecule has 0 amide bonds. The Balaban J connectivity index is 3.26. The number of allylic oxidation sites excluding steroid dienone is 1. The van der Waals surface area contributed by atoms with Crippen LogP contribution >= 0.6 is 0 Å². The van der Waals surface area contributed by atoms with Crippen LogP contribution in [0, 0.1) is 0 Å². The predicted molar refractivity (Wildman–Crippen MR) is 58.9 cm³/mol. The summed E-state index contributed by atoms with van der Waals surface area (Å²) in [6.07, 6.45) is 1.17. The highest BCUT2D eigenvalue weighted by Gasteiger charge is 2.13. The van der Waals surface area contributed by atoms with E-state index in [2.05, 4.69) is 11.3 Å². The fraction of sp³-hybridized carbons (Fsp3) is 0.167. The maximum absolute atomic E-state index is 11.5. The Morgan fingerprint density at radius 2 is 2.00 bits per heavy atom. The number of hydrogen-bond acceptors (Lipinski definition) is 4. The molecule has 0 N–H and O–H groups in total. The van der Waals surface area contributed by atoms with E-state index in [-0.39, 0.29) is 5.78 Å². The van der Waals surface area contributed by atoms with Gasteiger partial charge in [0.15, 0.2) is 5.78 Å². The normalized spacial score (nSPS) is 9.38. The van der Waals surface area contributed by atoms with Gasteiger partial charge in [-0.15, -0.1) is 0 Å². The molecular weight excluding hydrogens is 208 g/mol. The second-order valence-corrected chi connectivity index (χ2v) is 2.98. The first kappa shape index (κ1) is 12.0. The number of methoxy groups -OCH3 is 2. The molecule has 84 valence electrons. The van der Waals surface area contributed by atoms with Gasteiger partial charge < -0.3 is 9.47 Å². The number of carbonyl (C=O) groups is 2. The van der Waals surface area contributed by atoms with Crippen LogP contribution in [-0.4, -0.2) is 26.0 Å². The second-order valence-electron chi connectivity index (χ2n) is 2.98.